The number of methoxy groups -OCH3 is 1. The number of hydrogen-bond donors (Lipinski definition) is 2. The van der Waals surface area contributed by atoms with E-state index in [2.05, 4.69) is 5.32 Å². The highest BCUT2D eigenvalue weighted by Crippen LogP contribution is 2.42. The van der Waals surface area contributed by atoms with Crippen LogP contribution in [0.5, 0.6) is 0 Å². The second-order valence-corrected chi connectivity index (χ2v) is 9.11. The number of benzene rings is 1. The molecule has 1 aliphatic carbocycles. The maximum atomic E-state index is 13.1. The average molecular weight is 525 g/mol. The summed E-state index contributed by atoms with van der Waals surface area (Å²) in [5.41, 5.74) is 0.262. The van der Waals surface area contributed by atoms with Crippen molar-refractivity contribution in [3.63, 3.8) is 0 Å². The van der Waals surface area contributed by atoms with E-state index < -0.39 is 35.4 Å². The van der Waals surface area contributed by atoms with Gasteiger partial charge in [0.05, 0.1) is 21.8 Å². The Kier molecular flexibility index (Phi) is 6.49. The third-order valence-corrected chi connectivity index (χ3v) is 6.10. The molecule has 3 atom stereocenters. The summed E-state index contributed by atoms with van der Waals surface area (Å²) in [6, 6.07) is 5.89. The summed E-state index contributed by atoms with van der Waals surface area (Å²) in [6.45, 7) is 5.06. The molecule has 160 valence electrons. The molecular weight excluding hydrogens is 501 g/mol. The van der Waals surface area contributed by atoms with E-state index in [9.17, 15) is 19.5 Å². The summed E-state index contributed by atoms with van der Waals surface area (Å²) in [7, 11) is 1.57. The number of halogens is 1. The number of ether oxygens (including phenoxy) is 2. The normalized spacial score (nSPS) is 25.2. The lowest BCUT2D eigenvalue weighted by molar-refractivity contribution is -0.131. The van der Waals surface area contributed by atoms with Crippen LogP contribution in [-0.4, -0.2) is 47.4 Å². The predicted molar refractivity (Wildman–Crippen MR) is 118 cm³/mol. The summed E-state index contributed by atoms with van der Waals surface area (Å²) in [6.07, 6.45) is 0.367. The Morgan fingerprint density at radius 3 is 2.67 bits per heavy atom. The lowest BCUT2D eigenvalue weighted by atomic mass is 9.78. The number of amides is 1. The fourth-order valence-electron chi connectivity index (χ4n) is 3.63. The molecule has 2 aliphatic rings. The van der Waals surface area contributed by atoms with Gasteiger partial charge in [0.15, 0.2) is 5.78 Å². The number of Topliss-reactive ketones (excluding diaryl/α,β-unsaturated/α-hetero) is 2. The number of carbonyl (C=O) groups is 3. The minimum Gasteiger partial charge on any atom is -0.483 e. The average Bonchev–Trinajstić information content (AvgIpc) is 2.68. The van der Waals surface area contributed by atoms with Crippen LogP contribution in [0.25, 0.3) is 0 Å². The van der Waals surface area contributed by atoms with Gasteiger partial charge in [-0.05, 0) is 67.1 Å². The van der Waals surface area contributed by atoms with Gasteiger partial charge in [-0.2, -0.15) is 0 Å². The highest BCUT2D eigenvalue weighted by molar-refractivity contribution is 14.1. The number of allylic oxidation sites excluding steroid dienone is 2. The Hall–Kier alpha value is -2.04. The summed E-state index contributed by atoms with van der Waals surface area (Å²) in [4.78, 5) is 38.1. The molecule has 8 heteroatoms. The minimum absolute atomic E-state index is 0.121. The largest absolute Gasteiger partial charge is 0.483 e. The van der Waals surface area contributed by atoms with Crippen LogP contribution in [-0.2, 0) is 25.7 Å². The second-order valence-electron chi connectivity index (χ2n) is 7.94. The van der Waals surface area contributed by atoms with Crippen LogP contribution in [0.15, 0.2) is 45.3 Å². The molecule has 0 saturated heterocycles. The molecule has 1 aromatic rings. The first-order valence-corrected chi connectivity index (χ1v) is 10.6. The molecular formula is C22H24INO6. The Balaban J connectivity index is 2.00. The first kappa shape index (κ1) is 22.6. The van der Waals surface area contributed by atoms with Crippen molar-refractivity contribution in [2.45, 2.75) is 45.1 Å². The van der Waals surface area contributed by atoms with E-state index in [1.54, 1.807) is 45.2 Å². The topological polar surface area (TPSA) is 102 Å². The fraction of sp³-hybridized carbons (Fsp3) is 0.409. The lowest BCUT2D eigenvalue weighted by Gasteiger charge is -2.44. The summed E-state index contributed by atoms with van der Waals surface area (Å²) < 4.78 is 11.6. The van der Waals surface area contributed by atoms with Crippen LogP contribution < -0.4 is 5.32 Å². The molecule has 0 radical (unpaired) electrons. The quantitative estimate of drug-likeness (QED) is 0.453. The van der Waals surface area contributed by atoms with E-state index in [4.69, 9.17) is 9.47 Å². The van der Waals surface area contributed by atoms with Crippen LogP contribution in [0.4, 0.5) is 0 Å². The van der Waals surface area contributed by atoms with E-state index in [0.717, 1.165) is 5.56 Å². The summed E-state index contributed by atoms with van der Waals surface area (Å²) in [5.74, 6) is -1.88. The maximum Gasteiger partial charge on any atom is 0.251 e. The molecule has 0 fully saturated rings. The molecule has 0 aromatic heterocycles. The highest BCUT2D eigenvalue weighted by Gasteiger charge is 2.50. The number of hydrogen-bond acceptors (Lipinski definition) is 6. The molecule has 30 heavy (non-hydrogen) atoms. The van der Waals surface area contributed by atoms with E-state index >= 15 is 0 Å². The Morgan fingerprint density at radius 1 is 1.33 bits per heavy atom. The van der Waals surface area contributed by atoms with Gasteiger partial charge in [0, 0.05) is 12.7 Å². The molecule has 0 bridgehead atoms. The summed E-state index contributed by atoms with van der Waals surface area (Å²) in [5, 5.41) is 13.7. The number of carbonyl (C=O) groups excluding carboxylic acids is 3. The fourth-order valence-corrected chi connectivity index (χ4v) is 4.39. The van der Waals surface area contributed by atoms with Crippen LogP contribution in [0.1, 0.15) is 36.7 Å². The standard InChI is InChI=1S/C22H24INO6/c1-11(25)14-9-15(23)19-16(18(14)26)17(20(27)22(2,3)30-19)24-21(28)13-7-5-6-12(8-13)10-29-4/h5-9,14,17,20,27H,10H2,1-4H3,(H,24,28)/t14?,17-,20+/m0/s1. The molecule has 3 rings (SSSR count). The van der Waals surface area contributed by atoms with Gasteiger partial charge >= 0.3 is 0 Å². The molecule has 1 heterocycles. The number of nitrogens with one attached hydrogen (secondary N) is 1. The van der Waals surface area contributed by atoms with Crippen molar-refractivity contribution < 1.29 is 29.0 Å². The molecule has 1 amide bonds. The van der Waals surface area contributed by atoms with E-state index in [0.29, 0.717) is 21.5 Å². The van der Waals surface area contributed by atoms with Crippen molar-refractivity contribution in [1.29, 1.82) is 0 Å². The molecule has 2 N–H and O–H groups in total. The van der Waals surface area contributed by atoms with Crippen LogP contribution in [0.3, 0.4) is 0 Å². The first-order chi connectivity index (χ1) is 14.1. The smallest absolute Gasteiger partial charge is 0.251 e. The molecule has 1 unspecified atom stereocenters. The van der Waals surface area contributed by atoms with Crippen LogP contribution in [0, 0.1) is 5.92 Å². The number of aliphatic hydroxyl groups is 1. The Morgan fingerprint density at radius 2 is 2.03 bits per heavy atom. The van der Waals surface area contributed by atoms with Gasteiger partial charge in [-0.15, -0.1) is 0 Å². The minimum atomic E-state index is -1.19. The van der Waals surface area contributed by atoms with Gasteiger partial charge in [0.1, 0.15) is 29.2 Å². The third-order valence-electron chi connectivity index (χ3n) is 5.25. The van der Waals surface area contributed by atoms with Crippen molar-refractivity contribution in [3.05, 3.63) is 56.4 Å². The van der Waals surface area contributed by atoms with Gasteiger partial charge in [-0.25, -0.2) is 0 Å². The van der Waals surface area contributed by atoms with E-state index in [1.165, 1.54) is 6.92 Å². The van der Waals surface area contributed by atoms with Crippen LogP contribution in [0.2, 0.25) is 0 Å². The van der Waals surface area contributed by atoms with Gasteiger partial charge in [-0.1, -0.05) is 12.1 Å². The highest BCUT2D eigenvalue weighted by atomic mass is 127. The van der Waals surface area contributed by atoms with Gasteiger partial charge < -0.3 is 19.9 Å². The zero-order valence-corrected chi connectivity index (χ0v) is 19.3. The first-order valence-electron chi connectivity index (χ1n) is 9.49. The second kappa shape index (κ2) is 8.60. The Labute approximate surface area is 188 Å². The molecule has 0 spiro atoms. The summed E-state index contributed by atoms with van der Waals surface area (Å²) >= 11 is 2.01. The third kappa shape index (κ3) is 4.21. The zero-order valence-electron chi connectivity index (χ0n) is 17.2. The zero-order chi connectivity index (χ0) is 22.2. The lowest BCUT2D eigenvalue weighted by Crippen LogP contribution is -2.59. The number of rotatable bonds is 5. The number of aliphatic hydroxyl groups excluding tert-OH is 1. The van der Waals surface area contributed by atoms with Crippen molar-refractivity contribution in [3.8, 4) is 0 Å². The van der Waals surface area contributed by atoms with E-state index in [1.807, 2.05) is 28.7 Å². The monoisotopic (exact) mass is 525 g/mol. The SMILES string of the molecule is COCc1cccc(C(=O)N[C@H]2C3=C(OC(C)(C)[C@@H]2O)C(I)=CC(C(C)=O)C3=O)c1. The maximum absolute atomic E-state index is 13.1. The molecule has 1 aliphatic heterocycles. The van der Waals surface area contributed by atoms with Crippen molar-refractivity contribution in [1.82, 2.24) is 5.32 Å². The Bertz CT molecular complexity index is 964. The molecule has 1 aromatic carbocycles. The van der Waals surface area contributed by atoms with Gasteiger partial charge in [0.25, 0.3) is 5.91 Å². The van der Waals surface area contributed by atoms with Crippen molar-refractivity contribution in [2.24, 2.45) is 5.92 Å². The predicted octanol–water partition coefficient (Wildman–Crippen LogP) is 2.46. The van der Waals surface area contributed by atoms with Crippen LogP contribution >= 0.6 is 22.6 Å². The van der Waals surface area contributed by atoms with Gasteiger partial charge in [0.2, 0.25) is 0 Å². The van der Waals surface area contributed by atoms with Crippen molar-refractivity contribution >= 4 is 40.1 Å². The molecule has 0 saturated carbocycles. The van der Waals surface area contributed by atoms with Gasteiger partial charge in [-0.3, -0.25) is 14.4 Å². The molecule has 7 nitrogen and oxygen atoms in total. The number of ketones is 2. The van der Waals surface area contributed by atoms with Crippen molar-refractivity contribution in [2.75, 3.05) is 7.11 Å². The van der Waals surface area contributed by atoms with E-state index in [-0.39, 0.29) is 11.4 Å².